The first-order valence-corrected chi connectivity index (χ1v) is 10.8. The number of anilines is 3. The minimum atomic E-state index is -0.211. The van der Waals surface area contributed by atoms with Crippen LogP contribution in [0.25, 0.3) is 0 Å². The van der Waals surface area contributed by atoms with Crippen LogP contribution in [0.3, 0.4) is 0 Å². The Morgan fingerprint density at radius 3 is 2.41 bits per heavy atom. The molecule has 2 amide bonds. The van der Waals surface area contributed by atoms with Crippen molar-refractivity contribution in [3.8, 4) is 11.5 Å². The summed E-state index contributed by atoms with van der Waals surface area (Å²) in [5.41, 5.74) is 1.54. The van der Waals surface area contributed by atoms with Crippen molar-refractivity contribution in [2.75, 3.05) is 81.8 Å². The van der Waals surface area contributed by atoms with Crippen LogP contribution in [-0.2, 0) is 4.74 Å². The number of hydrogen-bond acceptors (Lipinski definition) is 8. The van der Waals surface area contributed by atoms with Crippen molar-refractivity contribution in [1.29, 1.82) is 0 Å². The van der Waals surface area contributed by atoms with Crippen LogP contribution in [0.2, 0.25) is 5.02 Å². The molecular formula is C21H27ClN6O4. The molecule has 172 valence electrons. The lowest BCUT2D eigenvalue weighted by molar-refractivity contribution is 0.122. The van der Waals surface area contributed by atoms with E-state index in [0.29, 0.717) is 48.4 Å². The molecule has 32 heavy (non-hydrogen) atoms. The first kappa shape index (κ1) is 22.2. The number of morpholine rings is 1. The number of nitrogens with one attached hydrogen (secondary N) is 1. The zero-order valence-corrected chi connectivity index (χ0v) is 19.0. The van der Waals surface area contributed by atoms with Gasteiger partial charge in [0.15, 0.2) is 5.82 Å². The van der Waals surface area contributed by atoms with Crippen LogP contribution >= 0.6 is 11.6 Å². The second-order valence-corrected chi connectivity index (χ2v) is 7.87. The largest absolute Gasteiger partial charge is 0.495 e. The van der Waals surface area contributed by atoms with Crippen LogP contribution in [0.5, 0.6) is 11.5 Å². The van der Waals surface area contributed by atoms with Gasteiger partial charge in [0.05, 0.1) is 50.0 Å². The molecule has 11 heteroatoms. The summed E-state index contributed by atoms with van der Waals surface area (Å²) in [5, 5.41) is 11.8. The molecular weight excluding hydrogens is 436 g/mol. The number of nitrogens with zero attached hydrogens (tertiary/aromatic N) is 5. The number of rotatable bonds is 5. The third-order valence-electron chi connectivity index (χ3n) is 5.61. The van der Waals surface area contributed by atoms with E-state index in [1.807, 2.05) is 0 Å². The van der Waals surface area contributed by atoms with Gasteiger partial charge in [-0.05, 0) is 6.07 Å². The lowest BCUT2D eigenvalue weighted by Gasteiger charge is -2.35. The number of amides is 2. The maximum absolute atomic E-state index is 12.8. The van der Waals surface area contributed by atoms with Crippen LogP contribution in [-0.4, -0.2) is 87.8 Å². The van der Waals surface area contributed by atoms with Crippen molar-refractivity contribution >= 4 is 34.8 Å². The molecule has 2 fully saturated rings. The molecule has 1 N–H and O–H groups in total. The fourth-order valence-corrected chi connectivity index (χ4v) is 4.03. The summed E-state index contributed by atoms with van der Waals surface area (Å²) in [4.78, 5) is 19.0. The number of benzene rings is 1. The van der Waals surface area contributed by atoms with Gasteiger partial charge in [-0.1, -0.05) is 11.6 Å². The monoisotopic (exact) mass is 462 g/mol. The predicted octanol–water partition coefficient (Wildman–Crippen LogP) is 2.34. The molecule has 2 aliphatic heterocycles. The smallest absolute Gasteiger partial charge is 0.322 e. The van der Waals surface area contributed by atoms with Gasteiger partial charge in [0.1, 0.15) is 11.5 Å². The van der Waals surface area contributed by atoms with E-state index in [1.165, 1.54) is 14.2 Å². The van der Waals surface area contributed by atoms with E-state index in [2.05, 4.69) is 31.4 Å². The minimum absolute atomic E-state index is 0.211. The standard InChI is InChI=1S/C21H27ClN6O4/c1-30-18-13-19(31-2)17(12-16(18)22)24-21(29)28-5-3-27(4-6-28)20-11-15(14-23-25-20)26-7-9-32-10-8-26/h11-14H,3-10H2,1-2H3,(H,24,29). The normalized spacial score (nSPS) is 16.7. The fraction of sp³-hybridized carbons (Fsp3) is 0.476. The molecule has 2 saturated heterocycles. The van der Waals surface area contributed by atoms with Gasteiger partial charge < -0.3 is 34.2 Å². The van der Waals surface area contributed by atoms with Crippen LogP contribution in [0.15, 0.2) is 24.4 Å². The number of carbonyl (C=O) groups excluding carboxylic acids is 1. The van der Waals surface area contributed by atoms with Crippen LogP contribution < -0.4 is 24.6 Å². The third kappa shape index (κ3) is 4.91. The average molecular weight is 463 g/mol. The summed E-state index contributed by atoms with van der Waals surface area (Å²) in [5.74, 6) is 1.78. The van der Waals surface area contributed by atoms with Gasteiger partial charge in [-0.2, -0.15) is 5.10 Å². The summed E-state index contributed by atoms with van der Waals surface area (Å²) < 4.78 is 16.0. The number of urea groups is 1. The Kier molecular flexibility index (Phi) is 7.01. The second-order valence-electron chi connectivity index (χ2n) is 7.46. The van der Waals surface area contributed by atoms with E-state index in [0.717, 1.165) is 37.8 Å². The molecule has 0 saturated carbocycles. The predicted molar refractivity (Wildman–Crippen MR) is 122 cm³/mol. The Bertz CT molecular complexity index is 948. The molecule has 10 nitrogen and oxygen atoms in total. The van der Waals surface area contributed by atoms with Gasteiger partial charge in [-0.25, -0.2) is 4.79 Å². The molecule has 1 aromatic carbocycles. The summed E-state index contributed by atoms with van der Waals surface area (Å²) >= 11 is 6.21. The molecule has 2 aromatic rings. The van der Waals surface area contributed by atoms with E-state index in [-0.39, 0.29) is 6.03 Å². The van der Waals surface area contributed by atoms with E-state index in [9.17, 15) is 4.79 Å². The maximum Gasteiger partial charge on any atom is 0.322 e. The average Bonchev–Trinajstić information content (AvgIpc) is 2.85. The van der Waals surface area contributed by atoms with Crippen molar-refractivity contribution in [3.63, 3.8) is 0 Å². The van der Waals surface area contributed by atoms with E-state index >= 15 is 0 Å². The number of hydrogen-bond donors (Lipinski definition) is 1. The summed E-state index contributed by atoms with van der Waals surface area (Å²) in [7, 11) is 3.06. The molecule has 2 aliphatic rings. The van der Waals surface area contributed by atoms with Crippen LogP contribution in [0, 0.1) is 0 Å². The molecule has 0 atom stereocenters. The van der Waals surface area contributed by atoms with E-state index in [4.69, 9.17) is 25.8 Å². The number of methoxy groups -OCH3 is 2. The highest BCUT2D eigenvalue weighted by molar-refractivity contribution is 6.32. The molecule has 0 aliphatic carbocycles. The van der Waals surface area contributed by atoms with Crippen molar-refractivity contribution in [2.45, 2.75) is 0 Å². The highest BCUT2D eigenvalue weighted by atomic mass is 35.5. The Morgan fingerprint density at radius 1 is 1.00 bits per heavy atom. The number of aromatic nitrogens is 2. The Morgan fingerprint density at radius 2 is 1.72 bits per heavy atom. The molecule has 3 heterocycles. The minimum Gasteiger partial charge on any atom is -0.495 e. The summed E-state index contributed by atoms with van der Waals surface area (Å²) in [6.07, 6.45) is 1.78. The Hall–Kier alpha value is -2.98. The van der Waals surface area contributed by atoms with Gasteiger partial charge in [-0.3, -0.25) is 0 Å². The fourth-order valence-electron chi connectivity index (χ4n) is 3.79. The topological polar surface area (TPSA) is 92.3 Å². The quantitative estimate of drug-likeness (QED) is 0.723. The molecule has 0 radical (unpaired) electrons. The number of piperazine rings is 1. The van der Waals surface area contributed by atoms with Gasteiger partial charge in [0, 0.05) is 51.4 Å². The highest BCUT2D eigenvalue weighted by Crippen LogP contribution is 2.36. The SMILES string of the molecule is COc1cc(OC)c(NC(=O)N2CCN(c3cc(N4CCOCC4)cnn3)CC2)cc1Cl. The maximum atomic E-state index is 12.8. The first-order chi connectivity index (χ1) is 15.6. The molecule has 4 rings (SSSR count). The van der Waals surface area contributed by atoms with Crippen molar-refractivity contribution < 1.29 is 19.0 Å². The number of ether oxygens (including phenoxy) is 3. The van der Waals surface area contributed by atoms with Crippen LogP contribution in [0.1, 0.15) is 0 Å². The molecule has 0 unspecified atom stereocenters. The zero-order chi connectivity index (χ0) is 22.5. The van der Waals surface area contributed by atoms with Gasteiger partial charge in [-0.15, -0.1) is 5.10 Å². The first-order valence-electron chi connectivity index (χ1n) is 10.5. The number of halogens is 1. The van der Waals surface area contributed by atoms with Crippen LogP contribution in [0.4, 0.5) is 22.0 Å². The number of carbonyl (C=O) groups is 1. The Balaban J connectivity index is 1.37. The van der Waals surface area contributed by atoms with Gasteiger partial charge in [0.2, 0.25) is 0 Å². The molecule has 0 bridgehead atoms. The summed E-state index contributed by atoms with van der Waals surface area (Å²) in [6, 6.07) is 5.12. The van der Waals surface area contributed by atoms with E-state index in [1.54, 1.807) is 23.2 Å². The van der Waals surface area contributed by atoms with Gasteiger partial charge >= 0.3 is 6.03 Å². The van der Waals surface area contributed by atoms with E-state index < -0.39 is 0 Å². The molecule has 0 spiro atoms. The highest BCUT2D eigenvalue weighted by Gasteiger charge is 2.24. The van der Waals surface area contributed by atoms with Crippen molar-refractivity contribution in [1.82, 2.24) is 15.1 Å². The lowest BCUT2D eigenvalue weighted by atomic mass is 10.2. The molecule has 1 aromatic heterocycles. The van der Waals surface area contributed by atoms with Crippen molar-refractivity contribution in [2.24, 2.45) is 0 Å². The lowest BCUT2D eigenvalue weighted by Crippen LogP contribution is -2.50. The van der Waals surface area contributed by atoms with Gasteiger partial charge in [0.25, 0.3) is 0 Å². The summed E-state index contributed by atoms with van der Waals surface area (Å²) in [6.45, 7) is 5.56. The Labute approximate surface area is 192 Å². The van der Waals surface area contributed by atoms with Crippen molar-refractivity contribution in [3.05, 3.63) is 29.4 Å². The zero-order valence-electron chi connectivity index (χ0n) is 18.2. The third-order valence-corrected chi connectivity index (χ3v) is 5.91. The second kappa shape index (κ2) is 10.1.